The van der Waals surface area contributed by atoms with Crippen LogP contribution in [0.1, 0.15) is 11.1 Å². The highest BCUT2D eigenvalue weighted by atomic mass is 35.6. The van der Waals surface area contributed by atoms with Crippen LogP contribution in [-0.4, -0.2) is 35.2 Å². The zero-order valence-electron chi connectivity index (χ0n) is 19.3. The predicted octanol–water partition coefficient (Wildman–Crippen LogP) is 8.37. The molecule has 0 saturated carbocycles. The van der Waals surface area contributed by atoms with Gasteiger partial charge in [-0.05, 0) is 24.3 Å². The van der Waals surface area contributed by atoms with Crippen LogP contribution in [-0.2, 0) is 12.4 Å². The zero-order valence-corrected chi connectivity index (χ0v) is 23.8. The van der Waals surface area contributed by atoms with Crippen LogP contribution < -0.4 is 18.9 Å². The summed E-state index contributed by atoms with van der Waals surface area (Å²) in [5, 5.41) is 1.37. The molecule has 0 bridgehead atoms. The van der Waals surface area contributed by atoms with Crippen molar-refractivity contribution < 1.29 is 32.6 Å². The van der Waals surface area contributed by atoms with Crippen molar-refractivity contribution in [1.29, 1.82) is 0 Å². The van der Waals surface area contributed by atoms with E-state index in [9.17, 15) is 0 Å². The molecule has 2 aromatic carbocycles. The Morgan fingerprint density at radius 3 is 1.19 bits per heavy atom. The fourth-order valence-electron chi connectivity index (χ4n) is 3.26. The maximum atomic E-state index is 8.00. The van der Waals surface area contributed by atoms with Gasteiger partial charge < -0.3 is 32.6 Å². The number of furan rings is 2. The normalized spacial score (nSPS) is 11.3. The van der Waals surface area contributed by atoms with E-state index >= 15 is 0 Å². The van der Waals surface area contributed by atoms with Gasteiger partial charge in [-0.15, -0.1) is 0 Å². The lowest BCUT2D eigenvalue weighted by molar-refractivity contribution is -0.0979. The summed E-state index contributed by atoms with van der Waals surface area (Å²) in [5.41, 5.74) is 1.93. The number of hydrogen-bond acceptors (Lipinski definition) is 7. The summed E-state index contributed by atoms with van der Waals surface area (Å²) < 4.78 is 28.5. The van der Waals surface area contributed by atoms with Crippen molar-refractivity contribution >= 4 is 98.3 Å². The predicted molar refractivity (Wildman–Crippen MR) is 144 cm³/mol. The van der Waals surface area contributed by atoms with Crippen molar-refractivity contribution in [2.45, 2.75) is 7.59 Å². The van der Waals surface area contributed by atoms with Crippen LogP contribution in [0.25, 0.3) is 21.9 Å². The van der Waals surface area contributed by atoms with Gasteiger partial charge in [0.15, 0.2) is 22.7 Å². The Labute approximate surface area is 236 Å². The van der Waals surface area contributed by atoms with Gasteiger partial charge in [0.05, 0.1) is 41.0 Å². The third-order valence-electron chi connectivity index (χ3n) is 4.78. The average Bonchev–Trinajstić information content (AvgIpc) is 3.48. The number of alkyl halides is 6. The first-order valence-electron chi connectivity index (χ1n) is 9.65. The molecular formula is C23H20Cl6O7. The fraction of sp³-hybridized carbons (Fsp3) is 0.261. The second-order valence-corrected chi connectivity index (χ2v) is 11.2. The number of methoxy groups -OCH3 is 4. The lowest BCUT2D eigenvalue weighted by Crippen LogP contribution is -1.98. The van der Waals surface area contributed by atoms with E-state index in [1.54, 1.807) is 38.5 Å². The summed E-state index contributed by atoms with van der Waals surface area (Å²) >= 11 is 35.1. The number of ether oxygens (including phenoxy) is 4. The smallest absolute Gasteiger partial charge is 0.219 e. The number of carbonyl (C=O) groups is 1. The molecule has 0 unspecified atom stereocenters. The topological polar surface area (TPSA) is 80.3 Å². The van der Waals surface area contributed by atoms with Gasteiger partial charge in [0.1, 0.15) is 6.79 Å². The highest BCUT2D eigenvalue weighted by Gasteiger charge is 2.30. The number of benzene rings is 2. The third-order valence-corrected chi connectivity index (χ3v) is 6.00. The van der Waals surface area contributed by atoms with Gasteiger partial charge in [-0.25, -0.2) is 0 Å². The molecule has 0 aliphatic heterocycles. The molecule has 0 atom stereocenters. The molecule has 13 heteroatoms. The molecule has 36 heavy (non-hydrogen) atoms. The Kier molecular flexibility index (Phi) is 10.6. The molecule has 2 heterocycles. The summed E-state index contributed by atoms with van der Waals surface area (Å²) in [4.78, 5) is 8.00. The van der Waals surface area contributed by atoms with Crippen LogP contribution in [0, 0.1) is 0 Å². The average molecular weight is 621 g/mol. The Bertz CT molecular complexity index is 1200. The minimum absolute atomic E-state index is 0.471. The van der Waals surface area contributed by atoms with Crippen LogP contribution in [0.15, 0.2) is 45.6 Å². The number of rotatable bonds is 4. The van der Waals surface area contributed by atoms with Crippen LogP contribution >= 0.6 is 69.6 Å². The number of hydrogen-bond donors (Lipinski definition) is 0. The Balaban J connectivity index is 0.000000237. The number of halogens is 6. The first-order chi connectivity index (χ1) is 17.0. The van der Waals surface area contributed by atoms with E-state index in [1.165, 1.54) is 26.7 Å². The van der Waals surface area contributed by atoms with Crippen molar-refractivity contribution in [2.75, 3.05) is 28.4 Å². The van der Waals surface area contributed by atoms with Gasteiger partial charge in [-0.2, -0.15) is 0 Å². The Morgan fingerprint density at radius 1 is 0.611 bits per heavy atom. The molecule has 0 amide bonds. The Morgan fingerprint density at radius 2 is 0.944 bits per heavy atom. The lowest BCUT2D eigenvalue weighted by Gasteiger charge is -2.10. The maximum Gasteiger partial charge on any atom is 0.219 e. The van der Waals surface area contributed by atoms with Crippen molar-refractivity contribution in [3.05, 3.63) is 47.9 Å². The first-order valence-corrected chi connectivity index (χ1v) is 11.9. The molecule has 0 N–H and O–H groups in total. The van der Waals surface area contributed by atoms with Crippen LogP contribution in [0.4, 0.5) is 0 Å². The second kappa shape index (κ2) is 12.6. The minimum Gasteiger partial charge on any atom is -0.493 e. The standard InChI is InChI=1S/2C11H9Cl3O3.CH2O/c2*1-15-8-4-3-6-7(11(12,13)14)5-17-9(6)10(8)16-2;1-2/h2*3-5H,1-2H3;1H2. The molecule has 0 aliphatic rings. The second-order valence-electron chi connectivity index (χ2n) is 6.65. The van der Waals surface area contributed by atoms with Gasteiger partial charge >= 0.3 is 0 Å². The SMILES string of the molecule is C=O.COc1ccc2c(C(Cl)(Cl)Cl)coc2c1OC.COc1ccc2c(C(Cl)(Cl)Cl)coc2c1OC. The molecule has 196 valence electrons. The van der Waals surface area contributed by atoms with E-state index in [0.29, 0.717) is 56.1 Å². The van der Waals surface area contributed by atoms with E-state index in [4.69, 9.17) is 102 Å². The summed E-state index contributed by atoms with van der Waals surface area (Å²) in [6.07, 6.45) is 2.80. The van der Waals surface area contributed by atoms with Crippen molar-refractivity contribution in [3.63, 3.8) is 0 Å². The highest BCUT2D eigenvalue weighted by molar-refractivity contribution is 6.67. The quantitative estimate of drug-likeness (QED) is 0.212. The van der Waals surface area contributed by atoms with Crippen molar-refractivity contribution in [2.24, 2.45) is 0 Å². The van der Waals surface area contributed by atoms with Gasteiger partial charge in [0, 0.05) is 21.9 Å². The maximum absolute atomic E-state index is 8.00. The molecule has 0 aliphatic carbocycles. The van der Waals surface area contributed by atoms with Crippen molar-refractivity contribution in [1.82, 2.24) is 0 Å². The third kappa shape index (κ3) is 6.33. The van der Waals surface area contributed by atoms with E-state index in [1.807, 2.05) is 6.79 Å². The molecule has 0 fully saturated rings. The lowest BCUT2D eigenvalue weighted by atomic mass is 10.1. The van der Waals surface area contributed by atoms with E-state index in [0.717, 1.165) is 0 Å². The molecule has 7 nitrogen and oxygen atoms in total. The van der Waals surface area contributed by atoms with E-state index in [-0.39, 0.29) is 0 Å². The molecule has 4 aromatic rings. The minimum atomic E-state index is -1.54. The molecular weight excluding hydrogens is 601 g/mol. The fourth-order valence-corrected chi connectivity index (χ4v) is 4.14. The zero-order chi connectivity index (χ0) is 27.3. The van der Waals surface area contributed by atoms with Gasteiger partial charge in [0.2, 0.25) is 19.1 Å². The monoisotopic (exact) mass is 618 g/mol. The van der Waals surface area contributed by atoms with Crippen LogP contribution in [0.3, 0.4) is 0 Å². The molecule has 4 rings (SSSR count). The summed E-state index contributed by atoms with van der Waals surface area (Å²) in [7, 11) is 6.13. The highest BCUT2D eigenvalue weighted by Crippen LogP contribution is 2.47. The van der Waals surface area contributed by atoms with E-state index in [2.05, 4.69) is 0 Å². The molecule has 0 spiro atoms. The van der Waals surface area contributed by atoms with Gasteiger partial charge in [-0.1, -0.05) is 69.6 Å². The van der Waals surface area contributed by atoms with Gasteiger partial charge in [-0.3, -0.25) is 0 Å². The Hall–Kier alpha value is -1.87. The number of fused-ring (bicyclic) bond motifs is 2. The van der Waals surface area contributed by atoms with Crippen LogP contribution in [0.5, 0.6) is 23.0 Å². The van der Waals surface area contributed by atoms with Crippen LogP contribution in [0.2, 0.25) is 0 Å². The summed E-state index contributed by atoms with van der Waals surface area (Å²) in [6, 6.07) is 6.99. The largest absolute Gasteiger partial charge is 0.493 e. The molecule has 0 saturated heterocycles. The van der Waals surface area contributed by atoms with Gasteiger partial charge in [0.25, 0.3) is 0 Å². The number of carbonyl (C=O) groups excluding carboxylic acids is 1. The van der Waals surface area contributed by atoms with E-state index < -0.39 is 7.59 Å². The first kappa shape index (κ1) is 30.4. The summed E-state index contributed by atoms with van der Waals surface area (Å²) in [6.45, 7) is 2.00. The van der Waals surface area contributed by atoms with Crippen molar-refractivity contribution in [3.8, 4) is 23.0 Å². The molecule has 2 aromatic heterocycles. The summed E-state index contributed by atoms with van der Waals surface area (Å²) in [5.74, 6) is 2.08. The molecule has 0 radical (unpaired) electrons.